The molecule has 0 bridgehead atoms. The third kappa shape index (κ3) is 6.16. The standard InChI is InChI=1S/C23H23ClF3I2N3O3/c1-21(2,3)34-20(33)32(30)19-9-15(4-5-17(19)24)18-10-22(35-31-18,23(25,26)27)16-7-13(11-28)6-14(8-16)12-29/h4-9H,10-12,30H2,1-3H3. The molecule has 1 amide bonds. The monoisotopic (exact) mass is 735 g/mol. The molecule has 2 aromatic rings. The predicted molar refractivity (Wildman–Crippen MR) is 146 cm³/mol. The number of halogens is 6. The summed E-state index contributed by atoms with van der Waals surface area (Å²) in [7, 11) is 0. The fourth-order valence-electron chi connectivity index (χ4n) is 3.49. The first-order chi connectivity index (χ1) is 16.2. The molecule has 1 aliphatic heterocycles. The number of anilines is 1. The molecule has 12 heteroatoms. The Labute approximate surface area is 233 Å². The van der Waals surface area contributed by atoms with Gasteiger partial charge < -0.3 is 9.57 Å². The molecule has 0 aliphatic carbocycles. The minimum atomic E-state index is -4.74. The van der Waals surface area contributed by atoms with Crippen molar-refractivity contribution in [3.8, 4) is 0 Å². The molecule has 2 aromatic carbocycles. The van der Waals surface area contributed by atoms with Gasteiger partial charge in [0.05, 0.1) is 16.4 Å². The van der Waals surface area contributed by atoms with Gasteiger partial charge in [0.1, 0.15) is 5.60 Å². The number of oxime groups is 1. The fourth-order valence-corrected chi connectivity index (χ4v) is 4.58. The van der Waals surface area contributed by atoms with Crippen LogP contribution in [0.15, 0.2) is 41.6 Å². The first-order valence-corrected chi connectivity index (χ1v) is 13.8. The lowest BCUT2D eigenvalue weighted by Gasteiger charge is -2.30. The number of hydrogen-bond acceptors (Lipinski definition) is 5. The zero-order valence-corrected chi connectivity index (χ0v) is 24.1. The van der Waals surface area contributed by atoms with Crippen LogP contribution < -0.4 is 10.9 Å². The number of nitrogens with two attached hydrogens (primary N) is 1. The van der Waals surface area contributed by atoms with Crippen molar-refractivity contribution in [3.05, 3.63) is 63.7 Å². The van der Waals surface area contributed by atoms with Crippen LogP contribution >= 0.6 is 56.8 Å². The molecule has 0 radical (unpaired) electrons. The molecular weight excluding hydrogens is 713 g/mol. The van der Waals surface area contributed by atoms with Crippen LogP contribution in [-0.4, -0.2) is 23.6 Å². The van der Waals surface area contributed by atoms with E-state index in [0.717, 1.165) is 11.1 Å². The third-order valence-electron chi connectivity index (χ3n) is 5.14. The quantitative estimate of drug-likeness (QED) is 0.114. The van der Waals surface area contributed by atoms with E-state index in [2.05, 4.69) is 50.3 Å². The molecule has 1 heterocycles. The summed E-state index contributed by atoms with van der Waals surface area (Å²) in [6.45, 7) is 5.03. The van der Waals surface area contributed by atoms with Crippen LogP contribution in [0.3, 0.4) is 0 Å². The van der Waals surface area contributed by atoms with Crippen molar-refractivity contribution in [1.29, 1.82) is 0 Å². The largest absolute Gasteiger partial charge is 0.442 e. The van der Waals surface area contributed by atoms with Crippen molar-refractivity contribution in [3.63, 3.8) is 0 Å². The number of carbonyl (C=O) groups excluding carboxylic acids is 1. The first kappa shape index (κ1) is 28.3. The van der Waals surface area contributed by atoms with Crippen molar-refractivity contribution in [2.75, 3.05) is 5.01 Å². The van der Waals surface area contributed by atoms with Gasteiger partial charge in [-0.1, -0.05) is 86.2 Å². The second-order valence-corrected chi connectivity index (χ2v) is 10.9. The predicted octanol–water partition coefficient (Wildman–Crippen LogP) is 7.41. The number of rotatable bonds is 5. The summed E-state index contributed by atoms with van der Waals surface area (Å²) in [4.78, 5) is 17.6. The van der Waals surface area contributed by atoms with E-state index in [1.807, 2.05) is 6.07 Å². The second-order valence-electron chi connectivity index (χ2n) is 8.95. The number of hydrogen-bond donors (Lipinski definition) is 1. The van der Waals surface area contributed by atoms with E-state index in [1.54, 1.807) is 20.8 Å². The Bertz CT molecular complexity index is 1130. The molecular formula is C23H23ClF3I2N3O3. The van der Waals surface area contributed by atoms with Crippen molar-refractivity contribution >= 4 is 74.3 Å². The Balaban J connectivity index is 1.99. The van der Waals surface area contributed by atoms with E-state index >= 15 is 0 Å². The van der Waals surface area contributed by atoms with E-state index < -0.39 is 29.9 Å². The van der Waals surface area contributed by atoms with Gasteiger partial charge >= 0.3 is 12.3 Å². The smallest absolute Gasteiger partial charge is 0.435 e. The van der Waals surface area contributed by atoms with Crippen molar-refractivity contribution < 1.29 is 27.5 Å². The van der Waals surface area contributed by atoms with Crippen molar-refractivity contribution in [2.24, 2.45) is 11.0 Å². The molecule has 0 aromatic heterocycles. The van der Waals surface area contributed by atoms with Gasteiger partial charge in [-0.3, -0.25) is 0 Å². The average molecular weight is 736 g/mol. The topological polar surface area (TPSA) is 77.2 Å². The van der Waals surface area contributed by atoms with Crippen LogP contribution in [-0.2, 0) is 24.0 Å². The van der Waals surface area contributed by atoms with Gasteiger partial charge in [0.25, 0.3) is 5.60 Å². The normalized spacial score (nSPS) is 18.2. The summed E-state index contributed by atoms with van der Waals surface area (Å²) in [5.74, 6) is 5.91. The maximum Gasteiger partial charge on any atom is 0.435 e. The highest BCUT2D eigenvalue weighted by molar-refractivity contribution is 14.1. The van der Waals surface area contributed by atoms with Crippen LogP contribution in [0.1, 0.15) is 49.4 Å². The summed E-state index contributed by atoms with van der Waals surface area (Å²) in [5, 5.41) is 4.65. The number of benzene rings is 2. The van der Waals surface area contributed by atoms with E-state index in [-0.39, 0.29) is 27.5 Å². The van der Waals surface area contributed by atoms with E-state index in [4.69, 9.17) is 27.0 Å². The maximum atomic E-state index is 14.5. The number of amides is 1. The summed E-state index contributed by atoms with van der Waals surface area (Å²) in [6, 6.07) is 9.20. The second kappa shape index (κ2) is 10.6. The lowest BCUT2D eigenvalue weighted by atomic mass is 9.85. The summed E-state index contributed by atoms with van der Waals surface area (Å²) in [6.07, 6.45) is -6.16. The highest BCUT2D eigenvalue weighted by atomic mass is 127. The van der Waals surface area contributed by atoms with Crippen LogP contribution in [0.2, 0.25) is 5.02 Å². The van der Waals surface area contributed by atoms with Crippen molar-refractivity contribution in [2.45, 2.75) is 53.4 Å². The first-order valence-electron chi connectivity index (χ1n) is 10.4. The highest BCUT2D eigenvalue weighted by Gasteiger charge is 2.62. The Morgan fingerprint density at radius 3 is 2.29 bits per heavy atom. The Morgan fingerprint density at radius 2 is 1.77 bits per heavy atom. The SMILES string of the molecule is CC(C)(C)OC(=O)N(N)c1cc(C2=NOC(c3cc(CI)cc(CI)c3)(C(F)(F)F)C2)ccc1Cl. The van der Waals surface area contributed by atoms with Gasteiger partial charge in [-0.15, -0.1) is 0 Å². The molecule has 35 heavy (non-hydrogen) atoms. The van der Waals surface area contributed by atoms with Gasteiger partial charge in [0.15, 0.2) is 0 Å². The summed E-state index contributed by atoms with van der Waals surface area (Å²) in [5.41, 5.74) is -1.53. The minimum Gasteiger partial charge on any atom is -0.442 e. The lowest BCUT2D eigenvalue weighted by Crippen LogP contribution is -2.43. The number of ether oxygens (including phenoxy) is 1. The molecule has 3 rings (SSSR count). The molecule has 0 saturated carbocycles. The molecule has 0 saturated heterocycles. The average Bonchev–Trinajstić information content (AvgIpc) is 3.24. The zero-order valence-electron chi connectivity index (χ0n) is 19.0. The minimum absolute atomic E-state index is 0.00650. The number of alkyl halides is 5. The number of carbonyl (C=O) groups is 1. The van der Waals surface area contributed by atoms with Crippen LogP contribution in [0.25, 0.3) is 0 Å². The van der Waals surface area contributed by atoms with Gasteiger partial charge in [0, 0.05) is 26.4 Å². The number of nitrogens with zero attached hydrogens (tertiary/aromatic N) is 2. The van der Waals surface area contributed by atoms with Crippen LogP contribution in [0, 0.1) is 0 Å². The van der Waals surface area contributed by atoms with Crippen LogP contribution in [0.5, 0.6) is 0 Å². The lowest BCUT2D eigenvalue weighted by molar-refractivity contribution is -0.275. The maximum absolute atomic E-state index is 14.5. The molecule has 2 N–H and O–H groups in total. The summed E-state index contributed by atoms with van der Waals surface area (Å²) < 4.78 is 49.8. The Hall–Kier alpha value is -1.32. The molecule has 0 spiro atoms. The van der Waals surface area contributed by atoms with E-state index in [0.29, 0.717) is 13.9 Å². The molecule has 190 valence electrons. The zero-order chi connectivity index (χ0) is 26.2. The van der Waals surface area contributed by atoms with Gasteiger partial charge in [-0.25, -0.2) is 15.6 Å². The van der Waals surface area contributed by atoms with E-state index in [1.165, 1.54) is 30.3 Å². The van der Waals surface area contributed by atoms with Crippen molar-refractivity contribution in [1.82, 2.24) is 0 Å². The fraction of sp³-hybridized carbons (Fsp3) is 0.391. The molecule has 1 unspecified atom stereocenters. The third-order valence-corrected chi connectivity index (χ3v) is 7.22. The highest BCUT2D eigenvalue weighted by Crippen LogP contribution is 2.49. The van der Waals surface area contributed by atoms with Gasteiger partial charge in [-0.2, -0.15) is 13.2 Å². The summed E-state index contributed by atoms with van der Waals surface area (Å²) >= 11 is 10.4. The molecule has 1 aliphatic rings. The number of hydrazine groups is 1. The Morgan fingerprint density at radius 1 is 1.17 bits per heavy atom. The van der Waals surface area contributed by atoms with Crippen LogP contribution in [0.4, 0.5) is 23.7 Å². The van der Waals surface area contributed by atoms with Gasteiger partial charge in [-0.05, 0) is 44.0 Å². The molecule has 0 fully saturated rings. The molecule has 6 nitrogen and oxygen atoms in total. The Kier molecular flexibility index (Phi) is 8.54. The van der Waals surface area contributed by atoms with Gasteiger partial charge in [0.2, 0.25) is 0 Å². The molecule has 1 atom stereocenters. The van der Waals surface area contributed by atoms with E-state index in [9.17, 15) is 18.0 Å².